The Kier molecular flexibility index (Phi) is 5.93. The van der Waals surface area contributed by atoms with Crippen LogP contribution in [-0.4, -0.2) is 29.3 Å². The average molecular weight is 225 g/mol. The molecular formula is C12H23N3O. The zero-order valence-corrected chi connectivity index (χ0v) is 10.6. The average Bonchev–Trinajstić information content (AvgIpc) is 2.60. The Labute approximate surface area is 98.0 Å². The molecule has 1 rings (SSSR count). The second-order valence-electron chi connectivity index (χ2n) is 3.88. The van der Waals surface area contributed by atoms with Crippen LogP contribution in [0.25, 0.3) is 0 Å². The van der Waals surface area contributed by atoms with E-state index < -0.39 is 0 Å². The number of imidazole rings is 1. The van der Waals surface area contributed by atoms with Gasteiger partial charge in [-0.3, -0.25) is 0 Å². The predicted molar refractivity (Wildman–Crippen MR) is 66.9 cm³/mol. The van der Waals surface area contributed by atoms with Gasteiger partial charge in [0.1, 0.15) is 0 Å². The van der Waals surface area contributed by atoms with E-state index in [2.05, 4.69) is 28.0 Å². The Balaban J connectivity index is 2.46. The molecule has 16 heavy (non-hydrogen) atoms. The summed E-state index contributed by atoms with van der Waals surface area (Å²) in [4.78, 5) is 4.46. The smallest absolute Gasteiger partial charge is 0.203 e. The zero-order chi connectivity index (χ0) is 11.8. The molecule has 1 heterocycles. The lowest BCUT2D eigenvalue weighted by Crippen LogP contribution is -2.11. The van der Waals surface area contributed by atoms with Crippen LogP contribution in [0.2, 0.25) is 0 Å². The molecule has 0 aromatic carbocycles. The fourth-order valence-electron chi connectivity index (χ4n) is 1.54. The Hall–Kier alpha value is -1.03. The molecule has 92 valence electrons. The van der Waals surface area contributed by atoms with Crippen molar-refractivity contribution in [2.75, 3.05) is 25.1 Å². The molecule has 0 aliphatic carbocycles. The first-order valence-electron chi connectivity index (χ1n) is 6.13. The van der Waals surface area contributed by atoms with Crippen molar-refractivity contribution in [2.45, 2.75) is 40.2 Å². The van der Waals surface area contributed by atoms with Crippen LogP contribution in [0.4, 0.5) is 5.95 Å². The molecule has 0 radical (unpaired) electrons. The third-order valence-electron chi connectivity index (χ3n) is 2.39. The summed E-state index contributed by atoms with van der Waals surface area (Å²) in [7, 11) is 0. The maximum absolute atomic E-state index is 5.35. The number of ether oxygens (including phenoxy) is 1. The van der Waals surface area contributed by atoms with Crippen LogP contribution in [0.3, 0.4) is 0 Å². The summed E-state index contributed by atoms with van der Waals surface area (Å²) in [5.41, 5.74) is 1.05. The van der Waals surface area contributed by atoms with Gasteiger partial charge in [0, 0.05) is 25.9 Å². The summed E-state index contributed by atoms with van der Waals surface area (Å²) in [5.74, 6) is 0.964. The van der Waals surface area contributed by atoms with Crippen molar-refractivity contribution in [1.82, 2.24) is 9.55 Å². The molecule has 0 atom stereocenters. The van der Waals surface area contributed by atoms with E-state index in [4.69, 9.17) is 4.74 Å². The highest BCUT2D eigenvalue weighted by atomic mass is 16.5. The first kappa shape index (κ1) is 13.0. The van der Waals surface area contributed by atoms with Crippen LogP contribution in [0.5, 0.6) is 0 Å². The van der Waals surface area contributed by atoms with Crippen molar-refractivity contribution in [3.8, 4) is 0 Å². The monoisotopic (exact) mass is 225 g/mol. The van der Waals surface area contributed by atoms with E-state index >= 15 is 0 Å². The Bertz CT molecular complexity index is 269. The Morgan fingerprint density at radius 3 is 2.94 bits per heavy atom. The molecule has 0 aliphatic heterocycles. The van der Waals surface area contributed by atoms with Gasteiger partial charge in [-0.2, -0.15) is 0 Å². The summed E-state index contributed by atoms with van der Waals surface area (Å²) in [6, 6.07) is 0. The summed E-state index contributed by atoms with van der Waals surface area (Å²) < 4.78 is 7.48. The fourth-order valence-corrected chi connectivity index (χ4v) is 1.54. The van der Waals surface area contributed by atoms with E-state index in [0.29, 0.717) is 0 Å². The van der Waals surface area contributed by atoms with Crippen LogP contribution in [0.1, 0.15) is 32.4 Å². The molecule has 0 spiro atoms. The van der Waals surface area contributed by atoms with Gasteiger partial charge in [0.05, 0.1) is 12.3 Å². The second-order valence-corrected chi connectivity index (χ2v) is 3.88. The predicted octanol–water partition coefficient (Wildman–Crippen LogP) is 2.44. The van der Waals surface area contributed by atoms with Crippen molar-refractivity contribution >= 4 is 5.95 Å². The third kappa shape index (κ3) is 4.23. The number of unbranched alkanes of at least 4 members (excludes halogenated alkanes) is 1. The molecule has 1 N–H and O–H groups in total. The normalized spacial score (nSPS) is 10.7. The number of hydrogen-bond donors (Lipinski definition) is 1. The largest absolute Gasteiger partial charge is 0.380 e. The van der Waals surface area contributed by atoms with Crippen LogP contribution >= 0.6 is 0 Å². The number of anilines is 1. The summed E-state index contributed by atoms with van der Waals surface area (Å²) in [5, 5.41) is 3.36. The van der Waals surface area contributed by atoms with Gasteiger partial charge in [-0.15, -0.1) is 0 Å². The molecule has 4 nitrogen and oxygen atoms in total. The number of hydrogen-bond acceptors (Lipinski definition) is 3. The maximum Gasteiger partial charge on any atom is 0.203 e. The van der Waals surface area contributed by atoms with Crippen LogP contribution in [0, 0.1) is 6.92 Å². The van der Waals surface area contributed by atoms with E-state index in [-0.39, 0.29) is 0 Å². The molecular weight excluding hydrogens is 202 g/mol. The number of aromatic nitrogens is 2. The topological polar surface area (TPSA) is 39.1 Å². The van der Waals surface area contributed by atoms with Crippen molar-refractivity contribution in [3.05, 3.63) is 11.9 Å². The molecule has 0 fully saturated rings. The molecule has 0 bridgehead atoms. The first-order chi connectivity index (χ1) is 7.77. The maximum atomic E-state index is 5.35. The highest BCUT2D eigenvalue weighted by Crippen LogP contribution is 2.08. The van der Waals surface area contributed by atoms with E-state index in [1.54, 1.807) is 0 Å². The molecule has 0 saturated heterocycles. The van der Waals surface area contributed by atoms with Crippen molar-refractivity contribution in [1.29, 1.82) is 0 Å². The number of nitrogens with zero attached hydrogens (tertiary/aromatic N) is 2. The summed E-state index contributed by atoms with van der Waals surface area (Å²) in [6.07, 6.45) is 4.44. The van der Waals surface area contributed by atoms with Crippen LogP contribution in [0.15, 0.2) is 6.20 Å². The highest BCUT2D eigenvalue weighted by molar-refractivity contribution is 5.28. The van der Waals surface area contributed by atoms with E-state index in [0.717, 1.165) is 37.9 Å². The molecule has 1 aromatic rings. The van der Waals surface area contributed by atoms with E-state index in [9.17, 15) is 0 Å². The minimum Gasteiger partial charge on any atom is -0.380 e. The van der Waals surface area contributed by atoms with E-state index in [1.165, 1.54) is 12.8 Å². The lowest BCUT2D eigenvalue weighted by atomic mass is 10.3. The zero-order valence-electron chi connectivity index (χ0n) is 10.6. The summed E-state index contributed by atoms with van der Waals surface area (Å²) >= 11 is 0. The standard InChI is InChI=1S/C12H23N3O/c1-4-6-7-13-12-14-11(3)10-15(12)8-9-16-5-2/h10H,4-9H2,1-3H3,(H,13,14). The molecule has 0 saturated carbocycles. The quantitative estimate of drug-likeness (QED) is 0.691. The van der Waals surface area contributed by atoms with Gasteiger partial charge in [0.2, 0.25) is 5.95 Å². The van der Waals surface area contributed by atoms with Gasteiger partial charge in [-0.1, -0.05) is 13.3 Å². The van der Waals surface area contributed by atoms with Gasteiger partial charge in [-0.25, -0.2) is 4.98 Å². The molecule has 4 heteroatoms. The molecule has 0 aliphatic rings. The molecule has 1 aromatic heterocycles. The minimum absolute atomic E-state index is 0.745. The number of aryl methyl sites for hydroxylation is 1. The Morgan fingerprint density at radius 2 is 2.25 bits per heavy atom. The van der Waals surface area contributed by atoms with Crippen molar-refractivity contribution in [3.63, 3.8) is 0 Å². The van der Waals surface area contributed by atoms with Crippen LogP contribution < -0.4 is 5.32 Å². The fraction of sp³-hybridized carbons (Fsp3) is 0.750. The molecule has 0 amide bonds. The van der Waals surface area contributed by atoms with Gasteiger partial charge in [-0.05, 0) is 20.3 Å². The van der Waals surface area contributed by atoms with Gasteiger partial charge >= 0.3 is 0 Å². The van der Waals surface area contributed by atoms with Gasteiger partial charge in [0.15, 0.2) is 0 Å². The highest BCUT2D eigenvalue weighted by Gasteiger charge is 2.04. The Morgan fingerprint density at radius 1 is 1.44 bits per heavy atom. The third-order valence-corrected chi connectivity index (χ3v) is 2.39. The lowest BCUT2D eigenvalue weighted by Gasteiger charge is -2.09. The van der Waals surface area contributed by atoms with E-state index in [1.807, 2.05) is 13.8 Å². The number of nitrogens with one attached hydrogen (secondary N) is 1. The van der Waals surface area contributed by atoms with Gasteiger partial charge in [0.25, 0.3) is 0 Å². The van der Waals surface area contributed by atoms with Crippen molar-refractivity contribution in [2.24, 2.45) is 0 Å². The molecule has 0 unspecified atom stereocenters. The summed E-state index contributed by atoms with van der Waals surface area (Å²) in [6.45, 7) is 9.59. The minimum atomic E-state index is 0.745. The lowest BCUT2D eigenvalue weighted by molar-refractivity contribution is 0.139. The SMILES string of the molecule is CCCCNc1nc(C)cn1CCOCC. The first-order valence-corrected chi connectivity index (χ1v) is 6.13. The van der Waals surface area contributed by atoms with Crippen LogP contribution in [-0.2, 0) is 11.3 Å². The van der Waals surface area contributed by atoms with Gasteiger partial charge < -0.3 is 14.6 Å². The van der Waals surface area contributed by atoms with Crippen molar-refractivity contribution < 1.29 is 4.74 Å². The number of rotatable bonds is 8. The second kappa shape index (κ2) is 7.28.